The van der Waals surface area contributed by atoms with E-state index < -0.39 is 0 Å². The van der Waals surface area contributed by atoms with Crippen LogP contribution in [0, 0.1) is 0 Å². The summed E-state index contributed by atoms with van der Waals surface area (Å²) >= 11 is 0. The molecule has 0 rings (SSSR count). The number of likely N-dealkylation sites (N-methyl/N-ethyl adjacent to an activating group) is 1. The molecule has 0 spiro atoms. The summed E-state index contributed by atoms with van der Waals surface area (Å²) in [6.45, 7) is 10.8. The Hall–Kier alpha value is -0.0800. The molecule has 0 radical (unpaired) electrons. The van der Waals surface area contributed by atoms with Crippen LogP contribution in [0.4, 0.5) is 0 Å². The maximum Gasteiger partial charge on any atom is 0.191 e. The molecule has 0 heterocycles. The monoisotopic (exact) mass is 386 g/mol. The molecule has 0 aliphatic rings. The van der Waals surface area contributed by atoms with Crippen LogP contribution in [-0.2, 0) is 4.74 Å². The van der Waals surface area contributed by atoms with Gasteiger partial charge in [-0.3, -0.25) is 4.99 Å². The third kappa shape index (κ3) is 9.45. The molecule has 0 aromatic rings. The van der Waals surface area contributed by atoms with E-state index in [0.717, 1.165) is 19.0 Å². The van der Waals surface area contributed by atoms with E-state index in [2.05, 4.69) is 62.3 Å². The Morgan fingerprint density at radius 2 is 1.95 bits per heavy atom. The average Bonchev–Trinajstić information content (AvgIpc) is 2.26. The average molecular weight is 386 g/mol. The van der Waals surface area contributed by atoms with Gasteiger partial charge in [-0.1, -0.05) is 0 Å². The second-order valence-corrected chi connectivity index (χ2v) is 5.40. The summed E-state index contributed by atoms with van der Waals surface area (Å²) in [6.07, 6.45) is 0. The minimum absolute atomic E-state index is 0. The number of hydrogen-bond donors (Lipinski definition) is 2. The molecule has 0 bridgehead atoms. The molecule has 0 saturated carbocycles. The normalized spacial score (nSPS) is 14.0. The van der Waals surface area contributed by atoms with Gasteiger partial charge in [0.15, 0.2) is 5.96 Å². The molecule has 0 fully saturated rings. The summed E-state index contributed by atoms with van der Waals surface area (Å²) < 4.78 is 5.11. The van der Waals surface area contributed by atoms with Crippen molar-refractivity contribution in [3.63, 3.8) is 0 Å². The van der Waals surface area contributed by atoms with E-state index in [4.69, 9.17) is 4.74 Å². The number of nitrogens with one attached hydrogen (secondary N) is 2. The highest BCUT2D eigenvalue weighted by Crippen LogP contribution is 2.09. The minimum atomic E-state index is 0. The SMILES string of the molecule is CCNC(=NCC(C)(C)N(C)C)NC(C)COC.I. The molecule has 0 aliphatic heterocycles. The van der Waals surface area contributed by atoms with Crippen molar-refractivity contribution >= 4 is 29.9 Å². The van der Waals surface area contributed by atoms with Gasteiger partial charge in [0.25, 0.3) is 0 Å². The predicted molar refractivity (Wildman–Crippen MR) is 93.6 cm³/mol. The van der Waals surface area contributed by atoms with Crippen LogP contribution in [0.5, 0.6) is 0 Å². The second kappa shape index (κ2) is 10.7. The first-order chi connectivity index (χ1) is 8.33. The zero-order valence-corrected chi connectivity index (χ0v) is 15.7. The van der Waals surface area contributed by atoms with Gasteiger partial charge in [0.2, 0.25) is 0 Å². The van der Waals surface area contributed by atoms with Crippen molar-refractivity contribution in [3.05, 3.63) is 0 Å². The Morgan fingerprint density at radius 3 is 2.37 bits per heavy atom. The van der Waals surface area contributed by atoms with Gasteiger partial charge in [0.05, 0.1) is 13.2 Å². The van der Waals surface area contributed by atoms with Gasteiger partial charge >= 0.3 is 0 Å². The molecule has 0 aromatic carbocycles. The highest BCUT2D eigenvalue weighted by molar-refractivity contribution is 14.0. The summed E-state index contributed by atoms with van der Waals surface area (Å²) in [5, 5.41) is 6.57. The Balaban J connectivity index is 0. The van der Waals surface area contributed by atoms with Crippen molar-refractivity contribution in [1.29, 1.82) is 0 Å². The maximum atomic E-state index is 5.11. The number of ether oxygens (including phenoxy) is 1. The number of hydrogen-bond acceptors (Lipinski definition) is 3. The van der Waals surface area contributed by atoms with Crippen molar-refractivity contribution in [2.24, 2.45) is 4.99 Å². The lowest BCUT2D eigenvalue weighted by Crippen LogP contribution is -2.46. The molecule has 0 aromatic heterocycles. The topological polar surface area (TPSA) is 48.9 Å². The predicted octanol–water partition coefficient (Wildman–Crippen LogP) is 1.53. The van der Waals surface area contributed by atoms with Crippen LogP contribution in [0.25, 0.3) is 0 Å². The van der Waals surface area contributed by atoms with Gasteiger partial charge in [-0.2, -0.15) is 0 Å². The standard InChI is InChI=1S/C13H30N4O.HI/c1-8-14-12(16-11(2)9-18-7)15-10-13(3,4)17(5)6;/h11H,8-10H2,1-7H3,(H2,14,15,16);1H. The molecule has 2 N–H and O–H groups in total. The van der Waals surface area contributed by atoms with Crippen LogP contribution in [0.3, 0.4) is 0 Å². The van der Waals surface area contributed by atoms with Gasteiger partial charge in [0.1, 0.15) is 0 Å². The highest BCUT2D eigenvalue weighted by atomic mass is 127. The van der Waals surface area contributed by atoms with Gasteiger partial charge in [-0.15, -0.1) is 24.0 Å². The summed E-state index contributed by atoms with van der Waals surface area (Å²) in [5.74, 6) is 0.844. The molecule has 116 valence electrons. The van der Waals surface area contributed by atoms with Crippen LogP contribution in [0.15, 0.2) is 4.99 Å². The maximum absolute atomic E-state index is 5.11. The molecule has 0 saturated heterocycles. The number of rotatable bonds is 7. The molecule has 0 aliphatic carbocycles. The lowest BCUT2D eigenvalue weighted by Gasteiger charge is -2.31. The van der Waals surface area contributed by atoms with Crippen molar-refractivity contribution in [1.82, 2.24) is 15.5 Å². The number of aliphatic imine (C=N–C) groups is 1. The quantitative estimate of drug-likeness (QED) is 0.396. The van der Waals surface area contributed by atoms with Gasteiger partial charge in [-0.25, -0.2) is 0 Å². The van der Waals surface area contributed by atoms with Crippen molar-refractivity contribution in [2.75, 3.05) is 40.9 Å². The third-order valence-corrected chi connectivity index (χ3v) is 2.98. The van der Waals surface area contributed by atoms with Gasteiger partial charge < -0.3 is 20.3 Å². The number of halogens is 1. The largest absolute Gasteiger partial charge is 0.383 e. The molecular weight excluding hydrogens is 355 g/mol. The van der Waals surface area contributed by atoms with Crippen molar-refractivity contribution in [2.45, 2.75) is 39.3 Å². The number of nitrogens with zero attached hydrogens (tertiary/aromatic N) is 2. The first-order valence-electron chi connectivity index (χ1n) is 6.54. The minimum Gasteiger partial charge on any atom is -0.383 e. The fourth-order valence-electron chi connectivity index (χ4n) is 1.26. The molecule has 6 heteroatoms. The van der Waals surface area contributed by atoms with Crippen LogP contribution in [-0.4, -0.2) is 63.3 Å². The molecule has 1 unspecified atom stereocenters. The summed E-state index contributed by atoms with van der Waals surface area (Å²) in [5.41, 5.74) is 0.0485. The zero-order valence-electron chi connectivity index (χ0n) is 13.4. The van der Waals surface area contributed by atoms with E-state index in [1.54, 1.807) is 7.11 Å². The van der Waals surface area contributed by atoms with E-state index in [1.165, 1.54) is 0 Å². The number of guanidine groups is 1. The first kappa shape index (κ1) is 21.2. The van der Waals surface area contributed by atoms with Crippen molar-refractivity contribution < 1.29 is 4.74 Å². The fourth-order valence-corrected chi connectivity index (χ4v) is 1.26. The van der Waals surface area contributed by atoms with E-state index >= 15 is 0 Å². The zero-order chi connectivity index (χ0) is 14.2. The Labute approximate surface area is 135 Å². The van der Waals surface area contributed by atoms with Gasteiger partial charge in [-0.05, 0) is 41.8 Å². The van der Waals surface area contributed by atoms with Crippen LogP contribution in [0.1, 0.15) is 27.7 Å². The summed E-state index contributed by atoms with van der Waals surface area (Å²) in [4.78, 5) is 6.81. The van der Waals surface area contributed by atoms with Crippen LogP contribution in [0.2, 0.25) is 0 Å². The lowest BCUT2D eigenvalue weighted by molar-refractivity contribution is 0.178. The molecule has 0 amide bonds. The third-order valence-electron chi connectivity index (χ3n) is 2.98. The second-order valence-electron chi connectivity index (χ2n) is 5.40. The van der Waals surface area contributed by atoms with E-state index in [9.17, 15) is 0 Å². The highest BCUT2D eigenvalue weighted by Gasteiger charge is 2.20. The molecule has 1 atom stereocenters. The summed E-state index contributed by atoms with van der Waals surface area (Å²) in [7, 11) is 5.85. The van der Waals surface area contributed by atoms with E-state index in [0.29, 0.717) is 6.61 Å². The Kier molecular flexibility index (Phi) is 11.9. The van der Waals surface area contributed by atoms with E-state index in [-0.39, 0.29) is 35.6 Å². The van der Waals surface area contributed by atoms with Crippen LogP contribution >= 0.6 is 24.0 Å². The molecular formula is C13H31IN4O. The Morgan fingerprint density at radius 1 is 1.37 bits per heavy atom. The first-order valence-corrected chi connectivity index (χ1v) is 6.54. The molecule has 5 nitrogen and oxygen atoms in total. The Bertz CT molecular complexity index is 257. The number of methoxy groups -OCH3 is 1. The van der Waals surface area contributed by atoms with E-state index in [1.807, 2.05) is 0 Å². The lowest BCUT2D eigenvalue weighted by atomic mass is 10.1. The smallest absolute Gasteiger partial charge is 0.191 e. The van der Waals surface area contributed by atoms with Crippen molar-refractivity contribution in [3.8, 4) is 0 Å². The van der Waals surface area contributed by atoms with Gasteiger partial charge in [0, 0.05) is 25.2 Å². The summed E-state index contributed by atoms with van der Waals surface area (Å²) in [6, 6.07) is 0.246. The molecule has 19 heavy (non-hydrogen) atoms. The fraction of sp³-hybridized carbons (Fsp3) is 0.923. The van der Waals surface area contributed by atoms with Crippen LogP contribution < -0.4 is 10.6 Å².